The molecule has 0 saturated heterocycles. The Morgan fingerprint density at radius 2 is 1.67 bits per heavy atom. The summed E-state index contributed by atoms with van der Waals surface area (Å²) in [6.07, 6.45) is 0. The van der Waals surface area contributed by atoms with Crippen LogP contribution in [0.1, 0.15) is 27.7 Å². The second kappa shape index (κ2) is 4.36. The molecule has 0 spiro atoms. The number of ketones is 2. The molecule has 0 aromatic carbocycles. The summed E-state index contributed by atoms with van der Waals surface area (Å²) in [5.41, 5.74) is -0.378. The monoisotopic (exact) mass is 172 g/mol. The Labute approximate surface area is 73.1 Å². The van der Waals surface area contributed by atoms with Crippen molar-refractivity contribution in [3.8, 4) is 0 Å². The van der Waals surface area contributed by atoms with Crippen molar-refractivity contribution in [3.05, 3.63) is 0 Å². The lowest BCUT2D eigenvalue weighted by molar-refractivity contribution is -0.133. The largest absolute Gasteiger partial charge is 0.366 e. The maximum Gasteiger partial charge on any atom is 0.163 e. The zero-order chi connectivity index (χ0) is 9.78. The molecule has 0 amide bonds. The first kappa shape index (κ1) is 11.3. The Balaban J connectivity index is 3.66. The van der Waals surface area contributed by atoms with Gasteiger partial charge in [-0.05, 0) is 6.92 Å². The molecule has 0 aliphatic carbocycles. The third kappa shape index (κ3) is 5.02. The van der Waals surface area contributed by atoms with Crippen molar-refractivity contribution in [2.24, 2.45) is 5.41 Å². The third-order valence-electron chi connectivity index (χ3n) is 1.37. The predicted octanol–water partition coefficient (Wildman–Crippen LogP) is 1.21. The molecule has 0 heterocycles. The van der Waals surface area contributed by atoms with E-state index in [9.17, 15) is 9.59 Å². The summed E-state index contributed by atoms with van der Waals surface area (Å²) in [5, 5.41) is 0. The van der Waals surface area contributed by atoms with E-state index in [1.54, 1.807) is 0 Å². The maximum absolute atomic E-state index is 11.2. The molecule has 3 nitrogen and oxygen atoms in total. The van der Waals surface area contributed by atoms with Gasteiger partial charge in [0.25, 0.3) is 0 Å². The average Bonchev–Trinajstić information content (AvgIpc) is 1.84. The minimum atomic E-state index is -0.378. The molecule has 0 aromatic rings. The molecule has 0 bridgehead atoms. The molecular weight excluding hydrogens is 156 g/mol. The summed E-state index contributed by atoms with van der Waals surface area (Å²) in [4.78, 5) is 21.6. The Bertz CT molecular complexity index is 177. The lowest BCUT2D eigenvalue weighted by atomic mass is 9.91. The van der Waals surface area contributed by atoms with Gasteiger partial charge in [0.05, 0.1) is 0 Å². The quantitative estimate of drug-likeness (QED) is 0.640. The van der Waals surface area contributed by atoms with Gasteiger partial charge in [0.1, 0.15) is 13.2 Å². The Morgan fingerprint density at radius 3 is 2.00 bits per heavy atom. The van der Waals surface area contributed by atoms with Gasteiger partial charge in [0.15, 0.2) is 11.6 Å². The Morgan fingerprint density at radius 1 is 1.17 bits per heavy atom. The highest BCUT2D eigenvalue weighted by molar-refractivity contribution is 5.85. The molecule has 0 aliphatic rings. The predicted molar refractivity (Wildman–Crippen MR) is 46.0 cm³/mol. The molecule has 3 heteroatoms. The highest BCUT2D eigenvalue weighted by Crippen LogP contribution is 2.14. The molecular formula is C9H16O3. The number of Topliss-reactive ketones (excluding diaryl/α,β-unsaturated/α-hetero) is 2. The van der Waals surface area contributed by atoms with E-state index in [4.69, 9.17) is 4.74 Å². The number of hydrogen-bond donors (Lipinski definition) is 0. The van der Waals surface area contributed by atoms with E-state index in [2.05, 4.69) is 0 Å². The molecule has 0 atom stereocenters. The van der Waals surface area contributed by atoms with Gasteiger partial charge in [-0.15, -0.1) is 0 Å². The van der Waals surface area contributed by atoms with Crippen LogP contribution in [0, 0.1) is 5.41 Å². The third-order valence-corrected chi connectivity index (χ3v) is 1.37. The van der Waals surface area contributed by atoms with E-state index in [1.807, 2.05) is 20.8 Å². The number of ether oxygens (including phenoxy) is 1. The van der Waals surface area contributed by atoms with Crippen molar-refractivity contribution in [3.63, 3.8) is 0 Å². The summed E-state index contributed by atoms with van der Waals surface area (Å²) >= 11 is 0. The van der Waals surface area contributed by atoms with Crippen LogP contribution in [0.15, 0.2) is 0 Å². The number of carbonyl (C=O) groups is 2. The average molecular weight is 172 g/mol. The SMILES string of the molecule is CC(=O)COCC(=O)C(C)(C)C. The molecule has 0 saturated carbocycles. The Hall–Kier alpha value is -0.700. The number of rotatable bonds is 4. The van der Waals surface area contributed by atoms with Crippen molar-refractivity contribution >= 4 is 11.6 Å². The molecule has 12 heavy (non-hydrogen) atoms. The molecule has 0 radical (unpaired) electrons. The first-order valence-corrected chi connectivity index (χ1v) is 3.94. The Kier molecular flexibility index (Phi) is 4.10. The van der Waals surface area contributed by atoms with Crippen molar-refractivity contribution in [1.82, 2.24) is 0 Å². The lowest BCUT2D eigenvalue weighted by Crippen LogP contribution is -2.25. The van der Waals surface area contributed by atoms with Crippen LogP contribution in [0.3, 0.4) is 0 Å². The van der Waals surface area contributed by atoms with Crippen LogP contribution in [0.2, 0.25) is 0 Å². The molecule has 0 aromatic heterocycles. The van der Waals surface area contributed by atoms with Crippen LogP contribution in [0.5, 0.6) is 0 Å². The van der Waals surface area contributed by atoms with E-state index in [1.165, 1.54) is 6.92 Å². The molecule has 0 fully saturated rings. The van der Waals surface area contributed by atoms with E-state index >= 15 is 0 Å². The van der Waals surface area contributed by atoms with Crippen LogP contribution < -0.4 is 0 Å². The molecule has 70 valence electrons. The van der Waals surface area contributed by atoms with Crippen LogP contribution in [-0.2, 0) is 14.3 Å². The fraction of sp³-hybridized carbons (Fsp3) is 0.778. The maximum atomic E-state index is 11.2. The molecule has 0 N–H and O–H groups in total. The van der Waals surface area contributed by atoms with Gasteiger partial charge in [-0.2, -0.15) is 0 Å². The highest BCUT2D eigenvalue weighted by atomic mass is 16.5. The topological polar surface area (TPSA) is 43.4 Å². The van der Waals surface area contributed by atoms with Gasteiger partial charge in [-0.25, -0.2) is 0 Å². The fourth-order valence-corrected chi connectivity index (χ4v) is 0.504. The second-order valence-corrected chi connectivity index (χ2v) is 3.87. The zero-order valence-electron chi connectivity index (χ0n) is 8.14. The zero-order valence-corrected chi connectivity index (χ0v) is 8.14. The van der Waals surface area contributed by atoms with E-state index in [0.29, 0.717) is 0 Å². The van der Waals surface area contributed by atoms with E-state index in [0.717, 1.165) is 0 Å². The summed E-state index contributed by atoms with van der Waals surface area (Å²) in [6.45, 7) is 6.97. The van der Waals surface area contributed by atoms with Gasteiger partial charge in [0.2, 0.25) is 0 Å². The minimum Gasteiger partial charge on any atom is -0.366 e. The van der Waals surface area contributed by atoms with Crippen molar-refractivity contribution in [2.75, 3.05) is 13.2 Å². The number of carbonyl (C=O) groups excluding carboxylic acids is 2. The standard InChI is InChI=1S/C9H16O3/c1-7(10)5-12-6-8(11)9(2,3)4/h5-6H2,1-4H3. The fourth-order valence-electron chi connectivity index (χ4n) is 0.504. The van der Waals surface area contributed by atoms with Gasteiger partial charge >= 0.3 is 0 Å². The van der Waals surface area contributed by atoms with Crippen molar-refractivity contribution in [1.29, 1.82) is 0 Å². The summed E-state index contributed by atoms with van der Waals surface area (Å²) in [6, 6.07) is 0. The normalized spacial score (nSPS) is 11.3. The first-order chi connectivity index (χ1) is 5.34. The van der Waals surface area contributed by atoms with Crippen LogP contribution in [-0.4, -0.2) is 24.8 Å². The van der Waals surface area contributed by atoms with Gasteiger partial charge in [0, 0.05) is 5.41 Å². The van der Waals surface area contributed by atoms with Crippen molar-refractivity contribution in [2.45, 2.75) is 27.7 Å². The summed E-state index contributed by atoms with van der Waals surface area (Å²) in [5.74, 6) is -0.0412. The lowest BCUT2D eigenvalue weighted by Gasteiger charge is -2.15. The summed E-state index contributed by atoms with van der Waals surface area (Å²) in [7, 11) is 0. The molecule has 0 aliphatic heterocycles. The van der Waals surface area contributed by atoms with E-state index in [-0.39, 0.29) is 30.2 Å². The summed E-state index contributed by atoms with van der Waals surface area (Å²) < 4.78 is 4.88. The second-order valence-electron chi connectivity index (χ2n) is 3.87. The van der Waals surface area contributed by atoms with Gasteiger partial charge in [-0.3, -0.25) is 9.59 Å². The number of hydrogen-bond acceptors (Lipinski definition) is 3. The van der Waals surface area contributed by atoms with Gasteiger partial charge < -0.3 is 4.74 Å². The molecule has 0 rings (SSSR count). The van der Waals surface area contributed by atoms with Crippen LogP contribution in [0.25, 0.3) is 0 Å². The highest BCUT2D eigenvalue weighted by Gasteiger charge is 2.20. The molecule has 0 unspecified atom stereocenters. The smallest absolute Gasteiger partial charge is 0.163 e. The van der Waals surface area contributed by atoms with Crippen LogP contribution >= 0.6 is 0 Å². The first-order valence-electron chi connectivity index (χ1n) is 3.94. The van der Waals surface area contributed by atoms with E-state index < -0.39 is 0 Å². The minimum absolute atomic E-state index is 0.0174. The van der Waals surface area contributed by atoms with Crippen molar-refractivity contribution < 1.29 is 14.3 Å². The van der Waals surface area contributed by atoms with Crippen LogP contribution in [0.4, 0.5) is 0 Å². The van der Waals surface area contributed by atoms with Gasteiger partial charge in [-0.1, -0.05) is 20.8 Å².